The molecule has 1 fully saturated rings. The fourth-order valence-corrected chi connectivity index (χ4v) is 5.44. The fourth-order valence-electron chi connectivity index (χ4n) is 3.28. The van der Waals surface area contributed by atoms with Crippen molar-refractivity contribution in [2.75, 3.05) is 39.0 Å². The van der Waals surface area contributed by atoms with E-state index in [-0.39, 0.29) is 43.2 Å². The quantitative estimate of drug-likeness (QED) is 0.606. The molecule has 11 heteroatoms. The molecule has 0 aliphatic carbocycles. The zero-order valence-corrected chi connectivity index (χ0v) is 18.6. The molecule has 2 aromatic rings. The standard InChI is InChI=1S/C20H24FN3O5S2/c1-30(26,27)24(15-17-7-5-6-10-19(17)21)16-20(25)22-11-13-23(14-12-22)31(28,29)18-8-3-2-4-9-18/h2-10H,11-16H2,1H3. The highest BCUT2D eigenvalue weighted by Crippen LogP contribution is 2.18. The van der Waals surface area contributed by atoms with Crippen molar-refractivity contribution >= 4 is 26.0 Å². The van der Waals surface area contributed by atoms with Crippen LogP contribution in [0.3, 0.4) is 0 Å². The molecule has 168 valence electrons. The normalized spacial score (nSPS) is 15.9. The molecule has 0 aromatic heterocycles. The number of nitrogens with zero attached hydrogens (tertiary/aromatic N) is 3. The number of benzene rings is 2. The lowest BCUT2D eigenvalue weighted by molar-refractivity contribution is -0.132. The van der Waals surface area contributed by atoms with E-state index in [0.29, 0.717) is 0 Å². The molecule has 1 aliphatic rings. The first-order valence-corrected chi connectivity index (χ1v) is 12.9. The van der Waals surface area contributed by atoms with Gasteiger partial charge in [0, 0.05) is 38.3 Å². The minimum absolute atomic E-state index is 0.106. The predicted molar refractivity (Wildman–Crippen MR) is 113 cm³/mol. The van der Waals surface area contributed by atoms with Crippen molar-refractivity contribution in [3.8, 4) is 0 Å². The molecule has 2 aromatic carbocycles. The maximum Gasteiger partial charge on any atom is 0.243 e. The van der Waals surface area contributed by atoms with Crippen LogP contribution < -0.4 is 0 Å². The van der Waals surface area contributed by atoms with E-state index in [4.69, 9.17) is 0 Å². The number of piperazine rings is 1. The van der Waals surface area contributed by atoms with Gasteiger partial charge in [0.1, 0.15) is 5.82 Å². The Hall–Kier alpha value is -2.34. The summed E-state index contributed by atoms with van der Waals surface area (Å²) in [6.07, 6.45) is 0.964. The second kappa shape index (κ2) is 9.43. The van der Waals surface area contributed by atoms with Crippen molar-refractivity contribution in [1.29, 1.82) is 0 Å². The number of amides is 1. The highest BCUT2D eigenvalue weighted by atomic mass is 32.2. The van der Waals surface area contributed by atoms with Gasteiger partial charge in [-0.25, -0.2) is 21.2 Å². The van der Waals surface area contributed by atoms with Gasteiger partial charge in [-0.15, -0.1) is 0 Å². The van der Waals surface area contributed by atoms with Gasteiger partial charge in [-0.3, -0.25) is 4.79 Å². The molecule has 0 N–H and O–H groups in total. The van der Waals surface area contributed by atoms with Crippen LogP contribution >= 0.6 is 0 Å². The first-order chi connectivity index (χ1) is 14.6. The van der Waals surface area contributed by atoms with Crippen LogP contribution in [0.1, 0.15) is 5.56 Å². The number of hydrogen-bond donors (Lipinski definition) is 0. The Labute approximate surface area is 182 Å². The molecule has 0 spiro atoms. The van der Waals surface area contributed by atoms with Crippen LogP contribution in [-0.4, -0.2) is 75.2 Å². The Morgan fingerprint density at radius 3 is 2.10 bits per heavy atom. The molecular weight excluding hydrogens is 445 g/mol. The summed E-state index contributed by atoms with van der Waals surface area (Å²) >= 11 is 0. The third kappa shape index (κ3) is 5.67. The van der Waals surface area contributed by atoms with Gasteiger partial charge in [-0.1, -0.05) is 36.4 Å². The van der Waals surface area contributed by atoms with Gasteiger partial charge in [0.05, 0.1) is 17.7 Å². The highest BCUT2D eigenvalue weighted by molar-refractivity contribution is 7.89. The maximum absolute atomic E-state index is 13.9. The molecule has 1 heterocycles. The summed E-state index contributed by atoms with van der Waals surface area (Å²) in [6, 6.07) is 13.8. The Balaban J connectivity index is 1.65. The van der Waals surface area contributed by atoms with Crippen molar-refractivity contribution in [1.82, 2.24) is 13.5 Å². The minimum Gasteiger partial charge on any atom is -0.339 e. The molecule has 1 amide bonds. The number of hydrogen-bond acceptors (Lipinski definition) is 5. The maximum atomic E-state index is 13.9. The lowest BCUT2D eigenvalue weighted by Gasteiger charge is -2.35. The highest BCUT2D eigenvalue weighted by Gasteiger charge is 2.31. The Kier molecular flexibility index (Phi) is 7.10. The van der Waals surface area contributed by atoms with Crippen molar-refractivity contribution < 1.29 is 26.0 Å². The first-order valence-electron chi connectivity index (χ1n) is 9.60. The van der Waals surface area contributed by atoms with E-state index in [9.17, 15) is 26.0 Å². The van der Waals surface area contributed by atoms with E-state index in [1.54, 1.807) is 24.3 Å². The number of carbonyl (C=O) groups excluding carboxylic acids is 1. The lowest BCUT2D eigenvalue weighted by Crippen LogP contribution is -2.52. The second-order valence-electron chi connectivity index (χ2n) is 7.22. The SMILES string of the molecule is CS(=O)(=O)N(CC(=O)N1CCN(S(=O)(=O)c2ccccc2)CC1)Cc1ccccc1F. The molecule has 1 saturated heterocycles. The average molecular weight is 470 g/mol. The lowest BCUT2D eigenvalue weighted by atomic mass is 10.2. The van der Waals surface area contributed by atoms with Crippen molar-refractivity contribution in [3.63, 3.8) is 0 Å². The number of halogens is 1. The van der Waals surface area contributed by atoms with Gasteiger partial charge >= 0.3 is 0 Å². The van der Waals surface area contributed by atoms with Crippen LogP contribution in [-0.2, 0) is 31.4 Å². The van der Waals surface area contributed by atoms with Gasteiger partial charge in [-0.05, 0) is 18.2 Å². The number of rotatable bonds is 7. The van der Waals surface area contributed by atoms with Crippen molar-refractivity contribution in [3.05, 3.63) is 66.0 Å². The molecule has 0 atom stereocenters. The molecule has 31 heavy (non-hydrogen) atoms. The van der Waals surface area contributed by atoms with Crippen LogP contribution in [0.25, 0.3) is 0 Å². The summed E-state index contributed by atoms with van der Waals surface area (Å²) in [5, 5.41) is 0. The first kappa shape index (κ1) is 23.3. The fraction of sp³-hybridized carbons (Fsp3) is 0.350. The van der Waals surface area contributed by atoms with Crippen molar-refractivity contribution in [2.24, 2.45) is 0 Å². The largest absolute Gasteiger partial charge is 0.339 e. The Morgan fingerprint density at radius 1 is 0.935 bits per heavy atom. The molecule has 8 nitrogen and oxygen atoms in total. The summed E-state index contributed by atoms with van der Waals surface area (Å²) in [4.78, 5) is 14.3. The zero-order valence-electron chi connectivity index (χ0n) is 17.0. The van der Waals surface area contributed by atoms with Crippen LogP contribution in [0, 0.1) is 5.82 Å². The molecule has 0 unspecified atom stereocenters. The molecule has 0 bridgehead atoms. The third-order valence-corrected chi connectivity index (χ3v) is 8.17. The molecule has 1 aliphatic heterocycles. The molecular formula is C20H24FN3O5S2. The summed E-state index contributed by atoms with van der Waals surface area (Å²) in [5.74, 6) is -1.01. The number of sulfonamides is 2. The van der Waals surface area contributed by atoms with Gasteiger partial charge in [0.2, 0.25) is 26.0 Å². The molecule has 0 radical (unpaired) electrons. The molecule has 3 rings (SSSR count). The molecule has 0 saturated carbocycles. The second-order valence-corrected chi connectivity index (χ2v) is 11.1. The van der Waals surface area contributed by atoms with Gasteiger partial charge < -0.3 is 4.90 Å². The van der Waals surface area contributed by atoms with E-state index in [2.05, 4.69) is 0 Å². The van der Waals surface area contributed by atoms with E-state index >= 15 is 0 Å². The smallest absolute Gasteiger partial charge is 0.243 e. The van der Waals surface area contributed by atoms with Gasteiger partial charge in [0.25, 0.3) is 0 Å². The van der Waals surface area contributed by atoms with Crippen LogP contribution in [0.15, 0.2) is 59.5 Å². The monoisotopic (exact) mass is 469 g/mol. The predicted octanol–water partition coefficient (Wildman–Crippen LogP) is 1.12. The topological polar surface area (TPSA) is 95.1 Å². The minimum atomic E-state index is -3.77. The summed E-state index contributed by atoms with van der Waals surface area (Å²) < 4.78 is 65.9. The average Bonchev–Trinajstić information content (AvgIpc) is 2.74. The number of carbonyl (C=O) groups is 1. The van der Waals surface area contributed by atoms with Crippen molar-refractivity contribution in [2.45, 2.75) is 11.4 Å². The summed E-state index contributed by atoms with van der Waals surface area (Å²) in [7, 11) is -7.43. The van der Waals surface area contributed by atoms with E-state index in [0.717, 1.165) is 10.6 Å². The van der Waals surface area contributed by atoms with E-state index in [1.807, 2.05) is 0 Å². The zero-order chi connectivity index (χ0) is 22.6. The van der Waals surface area contributed by atoms with Crippen LogP contribution in [0.5, 0.6) is 0 Å². The Morgan fingerprint density at radius 2 is 1.52 bits per heavy atom. The summed E-state index contributed by atoms with van der Waals surface area (Å²) in [6.45, 7) is -0.215. The third-order valence-electron chi connectivity index (χ3n) is 5.06. The van der Waals surface area contributed by atoms with Crippen LogP contribution in [0.4, 0.5) is 4.39 Å². The van der Waals surface area contributed by atoms with Crippen LogP contribution in [0.2, 0.25) is 0 Å². The summed E-state index contributed by atoms with van der Waals surface area (Å²) in [5.41, 5.74) is 0.166. The van der Waals surface area contributed by atoms with E-state index < -0.39 is 38.3 Å². The van der Waals surface area contributed by atoms with E-state index in [1.165, 1.54) is 39.5 Å². The van der Waals surface area contributed by atoms with Gasteiger partial charge in [0.15, 0.2) is 0 Å². The Bertz CT molecular complexity index is 1130. The van der Waals surface area contributed by atoms with Gasteiger partial charge in [-0.2, -0.15) is 8.61 Å².